The van der Waals surface area contributed by atoms with Crippen LogP contribution in [0.1, 0.15) is 16.8 Å². The fraction of sp³-hybridized carbons (Fsp3) is 0.250. The highest BCUT2D eigenvalue weighted by molar-refractivity contribution is 5.42. The van der Waals surface area contributed by atoms with Crippen molar-refractivity contribution in [1.82, 2.24) is 10.3 Å². The Bertz CT molecular complexity index is 633. The smallest absolute Gasteiger partial charge is 0.138 e. The molecule has 5 heteroatoms. The summed E-state index contributed by atoms with van der Waals surface area (Å²) in [6, 6.07) is 11.1. The van der Waals surface area contributed by atoms with E-state index in [-0.39, 0.29) is 0 Å². The molecule has 5 nitrogen and oxygen atoms in total. The van der Waals surface area contributed by atoms with Gasteiger partial charge in [0, 0.05) is 12.1 Å². The van der Waals surface area contributed by atoms with Crippen molar-refractivity contribution in [2.24, 2.45) is 0 Å². The topological polar surface area (TPSA) is 67.2 Å². The molecule has 2 rings (SSSR count). The van der Waals surface area contributed by atoms with Gasteiger partial charge in [0.05, 0.1) is 30.6 Å². The van der Waals surface area contributed by atoms with Crippen LogP contribution in [0.5, 0.6) is 11.5 Å². The highest BCUT2D eigenvalue weighted by Gasteiger charge is 2.06. The van der Waals surface area contributed by atoms with E-state index in [1.54, 1.807) is 31.5 Å². The molecular weight excluding hydrogens is 266 g/mol. The van der Waals surface area contributed by atoms with E-state index in [4.69, 9.17) is 14.7 Å². The van der Waals surface area contributed by atoms with Crippen LogP contribution in [0.4, 0.5) is 0 Å². The number of nitrogens with zero attached hydrogens (tertiary/aromatic N) is 2. The molecule has 0 aliphatic heterocycles. The van der Waals surface area contributed by atoms with Gasteiger partial charge in [0.2, 0.25) is 0 Å². The van der Waals surface area contributed by atoms with Crippen LogP contribution < -0.4 is 14.8 Å². The zero-order chi connectivity index (χ0) is 15.1. The van der Waals surface area contributed by atoms with Gasteiger partial charge in [-0.3, -0.25) is 4.98 Å². The number of methoxy groups -OCH3 is 1. The van der Waals surface area contributed by atoms with Crippen LogP contribution in [0.15, 0.2) is 36.5 Å². The first-order valence-corrected chi connectivity index (χ1v) is 6.56. The van der Waals surface area contributed by atoms with Gasteiger partial charge in [0.25, 0.3) is 0 Å². The van der Waals surface area contributed by atoms with E-state index in [0.717, 1.165) is 17.8 Å². The van der Waals surface area contributed by atoms with E-state index in [0.29, 0.717) is 23.7 Å². The van der Waals surface area contributed by atoms with E-state index in [1.807, 2.05) is 19.2 Å². The van der Waals surface area contributed by atoms with Gasteiger partial charge < -0.3 is 14.8 Å². The molecule has 0 saturated carbocycles. The normalized spacial score (nSPS) is 9.95. The minimum Gasteiger partial charge on any atom is -0.496 e. The first-order chi connectivity index (χ1) is 10.3. The monoisotopic (exact) mass is 283 g/mol. The predicted octanol–water partition coefficient (Wildman–Crippen LogP) is 2.26. The molecule has 0 fully saturated rings. The van der Waals surface area contributed by atoms with E-state index in [2.05, 4.69) is 16.4 Å². The van der Waals surface area contributed by atoms with Crippen molar-refractivity contribution >= 4 is 0 Å². The molecule has 1 N–H and O–H groups in total. The Morgan fingerprint density at radius 2 is 2.14 bits per heavy atom. The summed E-state index contributed by atoms with van der Waals surface area (Å²) in [5.74, 6) is 1.38. The maximum atomic E-state index is 8.94. The Morgan fingerprint density at radius 1 is 1.29 bits per heavy atom. The van der Waals surface area contributed by atoms with Crippen molar-refractivity contribution in [3.8, 4) is 17.6 Å². The van der Waals surface area contributed by atoms with E-state index in [9.17, 15) is 0 Å². The molecule has 1 heterocycles. The number of pyridine rings is 1. The number of ether oxygens (including phenoxy) is 2. The number of hydrogen-bond acceptors (Lipinski definition) is 5. The molecule has 21 heavy (non-hydrogen) atoms. The largest absolute Gasteiger partial charge is 0.496 e. The van der Waals surface area contributed by atoms with Crippen LogP contribution in [-0.2, 0) is 13.2 Å². The average molecular weight is 283 g/mol. The van der Waals surface area contributed by atoms with Gasteiger partial charge in [-0.1, -0.05) is 0 Å². The summed E-state index contributed by atoms with van der Waals surface area (Å²) in [5.41, 5.74) is 2.36. The SMILES string of the molecule is CNCc1ccc(OCc2cc(C#N)ccc2OC)cn1. The Kier molecular flexibility index (Phi) is 5.13. The minimum absolute atomic E-state index is 0.325. The van der Waals surface area contributed by atoms with Gasteiger partial charge in [-0.15, -0.1) is 0 Å². The second-order valence-electron chi connectivity index (χ2n) is 4.44. The van der Waals surface area contributed by atoms with Crippen molar-refractivity contribution < 1.29 is 9.47 Å². The zero-order valence-corrected chi connectivity index (χ0v) is 12.1. The summed E-state index contributed by atoms with van der Waals surface area (Å²) in [6.07, 6.45) is 1.69. The lowest BCUT2D eigenvalue weighted by molar-refractivity contribution is 0.295. The summed E-state index contributed by atoms with van der Waals surface area (Å²) in [7, 11) is 3.47. The Balaban J connectivity index is 2.07. The van der Waals surface area contributed by atoms with Crippen LogP contribution in [0.25, 0.3) is 0 Å². The molecule has 0 spiro atoms. The molecular formula is C16H17N3O2. The molecule has 1 aromatic carbocycles. The lowest BCUT2D eigenvalue weighted by atomic mass is 10.1. The first-order valence-electron chi connectivity index (χ1n) is 6.56. The molecule has 0 bridgehead atoms. The van der Waals surface area contributed by atoms with E-state index in [1.165, 1.54) is 0 Å². The van der Waals surface area contributed by atoms with Crippen LogP contribution in [0.2, 0.25) is 0 Å². The molecule has 0 saturated heterocycles. The maximum Gasteiger partial charge on any atom is 0.138 e. The first kappa shape index (κ1) is 14.8. The third-order valence-corrected chi connectivity index (χ3v) is 2.96. The zero-order valence-electron chi connectivity index (χ0n) is 12.1. The fourth-order valence-electron chi connectivity index (χ4n) is 1.90. The highest BCUT2D eigenvalue weighted by Crippen LogP contribution is 2.21. The highest BCUT2D eigenvalue weighted by atomic mass is 16.5. The molecule has 1 aromatic heterocycles. The number of rotatable bonds is 6. The van der Waals surface area contributed by atoms with Crippen LogP contribution in [0.3, 0.4) is 0 Å². The minimum atomic E-state index is 0.325. The Hall–Kier alpha value is -2.58. The van der Waals surface area contributed by atoms with Gasteiger partial charge in [-0.25, -0.2) is 0 Å². The van der Waals surface area contributed by atoms with Crippen LogP contribution >= 0.6 is 0 Å². The molecule has 2 aromatic rings. The Morgan fingerprint density at radius 3 is 2.76 bits per heavy atom. The van der Waals surface area contributed by atoms with Crippen molar-refractivity contribution in [3.63, 3.8) is 0 Å². The molecule has 0 amide bonds. The summed E-state index contributed by atoms with van der Waals surface area (Å²) < 4.78 is 11.0. The summed E-state index contributed by atoms with van der Waals surface area (Å²) in [5, 5.41) is 12.0. The van der Waals surface area contributed by atoms with Gasteiger partial charge >= 0.3 is 0 Å². The lowest BCUT2D eigenvalue weighted by Gasteiger charge is -2.10. The van der Waals surface area contributed by atoms with Gasteiger partial charge in [0.1, 0.15) is 18.1 Å². The van der Waals surface area contributed by atoms with Gasteiger partial charge in [-0.2, -0.15) is 5.26 Å². The molecule has 0 atom stereocenters. The van der Waals surface area contributed by atoms with Crippen molar-refractivity contribution in [2.45, 2.75) is 13.2 Å². The number of hydrogen-bond donors (Lipinski definition) is 1. The summed E-state index contributed by atoms with van der Waals surface area (Å²) in [6.45, 7) is 1.05. The third kappa shape index (κ3) is 3.94. The molecule has 0 radical (unpaired) electrons. The number of benzene rings is 1. The molecule has 0 unspecified atom stereocenters. The summed E-state index contributed by atoms with van der Waals surface area (Å²) >= 11 is 0. The number of nitrogens with one attached hydrogen (secondary N) is 1. The van der Waals surface area contributed by atoms with Gasteiger partial charge in [0.15, 0.2) is 0 Å². The van der Waals surface area contributed by atoms with Crippen molar-refractivity contribution in [2.75, 3.05) is 14.2 Å². The number of aromatic nitrogens is 1. The fourth-order valence-corrected chi connectivity index (χ4v) is 1.90. The standard InChI is InChI=1S/C16H17N3O2/c1-18-9-14-4-5-15(10-19-14)21-11-13-7-12(8-17)3-6-16(13)20-2/h3-7,10,18H,9,11H2,1-2H3. The molecule has 108 valence electrons. The van der Waals surface area contributed by atoms with Crippen LogP contribution in [0, 0.1) is 11.3 Å². The lowest BCUT2D eigenvalue weighted by Crippen LogP contribution is -2.06. The van der Waals surface area contributed by atoms with Crippen molar-refractivity contribution in [3.05, 3.63) is 53.3 Å². The average Bonchev–Trinajstić information content (AvgIpc) is 2.54. The van der Waals surface area contributed by atoms with E-state index >= 15 is 0 Å². The van der Waals surface area contributed by atoms with E-state index < -0.39 is 0 Å². The quantitative estimate of drug-likeness (QED) is 0.880. The maximum absolute atomic E-state index is 8.94. The molecule has 0 aliphatic rings. The molecule has 0 aliphatic carbocycles. The second-order valence-corrected chi connectivity index (χ2v) is 4.44. The Labute approximate surface area is 124 Å². The third-order valence-electron chi connectivity index (χ3n) is 2.96. The number of nitriles is 1. The van der Waals surface area contributed by atoms with Gasteiger partial charge in [-0.05, 0) is 37.4 Å². The predicted molar refractivity (Wildman–Crippen MR) is 79.0 cm³/mol. The van der Waals surface area contributed by atoms with Crippen LogP contribution in [-0.4, -0.2) is 19.1 Å². The second kappa shape index (κ2) is 7.27. The summed E-state index contributed by atoms with van der Waals surface area (Å²) in [4.78, 5) is 4.29. The van der Waals surface area contributed by atoms with Crippen molar-refractivity contribution in [1.29, 1.82) is 5.26 Å².